The number of hydrogen-bond acceptors (Lipinski definition) is 4. The molecule has 4 fully saturated rings. The van der Waals surface area contributed by atoms with Crippen molar-refractivity contribution in [2.45, 2.75) is 18.4 Å². The van der Waals surface area contributed by atoms with E-state index in [1.54, 1.807) is 16.2 Å². The number of thiophene rings is 1. The molecule has 128 valence electrons. The largest absolute Gasteiger partial charge is 0.439 e. The first kappa shape index (κ1) is 16.5. The summed E-state index contributed by atoms with van der Waals surface area (Å²) >= 11 is 7.65. The van der Waals surface area contributed by atoms with Gasteiger partial charge in [-0.25, -0.2) is 4.79 Å². The molecular formula is C17H18Cl2N2O2S. The molecule has 24 heavy (non-hydrogen) atoms. The van der Waals surface area contributed by atoms with E-state index in [1.165, 1.54) is 0 Å². The highest BCUT2D eigenvalue weighted by atomic mass is 35.5. The third kappa shape index (κ3) is 2.41. The predicted octanol–water partition coefficient (Wildman–Crippen LogP) is 4.40. The van der Waals surface area contributed by atoms with Gasteiger partial charge in [-0.1, -0.05) is 11.6 Å². The van der Waals surface area contributed by atoms with E-state index >= 15 is 0 Å². The average molecular weight is 385 g/mol. The molecule has 1 aromatic heterocycles. The van der Waals surface area contributed by atoms with Gasteiger partial charge in [0.1, 0.15) is 5.60 Å². The second-order valence-electron chi connectivity index (χ2n) is 6.84. The Morgan fingerprint density at radius 1 is 1.21 bits per heavy atom. The fourth-order valence-electron chi connectivity index (χ4n) is 4.38. The van der Waals surface area contributed by atoms with Crippen molar-refractivity contribution in [1.82, 2.24) is 4.90 Å². The Bertz CT molecular complexity index is 803. The molecule has 0 radical (unpaired) electrons. The van der Waals surface area contributed by atoms with Gasteiger partial charge in [0.15, 0.2) is 0 Å². The number of carbonyl (C=O) groups is 1. The number of anilines is 1. The quantitative estimate of drug-likeness (QED) is 0.730. The highest BCUT2D eigenvalue weighted by Gasteiger charge is 2.55. The minimum atomic E-state index is -0.311. The first-order valence-electron chi connectivity index (χ1n) is 8.05. The van der Waals surface area contributed by atoms with Crippen molar-refractivity contribution in [2.24, 2.45) is 5.92 Å². The summed E-state index contributed by atoms with van der Waals surface area (Å²) in [5, 5.41) is 1.08. The maximum atomic E-state index is 12.5. The summed E-state index contributed by atoms with van der Waals surface area (Å²) in [6.45, 7) is 3.83. The fraction of sp³-hybridized carbons (Fsp3) is 0.471. The molecule has 0 aliphatic carbocycles. The monoisotopic (exact) mass is 384 g/mol. The van der Waals surface area contributed by atoms with Crippen LogP contribution in [0.25, 0.3) is 10.1 Å². The van der Waals surface area contributed by atoms with Gasteiger partial charge in [-0.3, -0.25) is 9.80 Å². The number of ether oxygens (including phenoxy) is 1. The van der Waals surface area contributed by atoms with E-state index in [4.69, 9.17) is 16.3 Å². The number of amides is 1. The van der Waals surface area contributed by atoms with Crippen LogP contribution in [0.2, 0.25) is 4.34 Å². The van der Waals surface area contributed by atoms with Gasteiger partial charge in [-0.2, -0.15) is 0 Å². The summed E-state index contributed by atoms with van der Waals surface area (Å²) in [6.07, 6.45) is 2.07. The van der Waals surface area contributed by atoms with Gasteiger partial charge in [-0.15, -0.1) is 23.7 Å². The molecule has 6 rings (SSSR count). The summed E-state index contributed by atoms with van der Waals surface area (Å²) in [7, 11) is 0. The van der Waals surface area contributed by atoms with Crippen LogP contribution in [0.5, 0.6) is 0 Å². The van der Waals surface area contributed by atoms with Gasteiger partial charge >= 0.3 is 6.09 Å². The third-order valence-corrected chi connectivity index (χ3v) is 6.79. The molecule has 7 heteroatoms. The molecule has 1 aromatic carbocycles. The van der Waals surface area contributed by atoms with E-state index in [9.17, 15) is 4.79 Å². The van der Waals surface area contributed by atoms with Crippen LogP contribution in [-0.2, 0) is 4.74 Å². The lowest BCUT2D eigenvalue weighted by molar-refractivity contribution is -0.0881. The molecule has 1 amide bonds. The number of fused-ring (bicyclic) bond motifs is 3. The summed E-state index contributed by atoms with van der Waals surface area (Å²) in [5.74, 6) is 0.501. The van der Waals surface area contributed by atoms with Gasteiger partial charge in [0, 0.05) is 22.8 Å². The molecule has 0 saturated carbocycles. The maximum absolute atomic E-state index is 12.5. The minimum Gasteiger partial charge on any atom is -0.439 e. The molecule has 4 nitrogen and oxygen atoms in total. The zero-order valence-electron chi connectivity index (χ0n) is 13.0. The smallest absolute Gasteiger partial charge is 0.415 e. The zero-order valence-corrected chi connectivity index (χ0v) is 15.4. The lowest BCUT2D eigenvalue weighted by Crippen LogP contribution is -2.61. The first-order chi connectivity index (χ1) is 11.1. The van der Waals surface area contributed by atoms with Crippen LogP contribution in [0, 0.1) is 5.92 Å². The van der Waals surface area contributed by atoms with Crippen LogP contribution in [0.4, 0.5) is 10.5 Å². The molecule has 4 saturated heterocycles. The lowest BCUT2D eigenvalue weighted by Gasteiger charge is -2.49. The van der Waals surface area contributed by atoms with Crippen LogP contribution >= 0.6 is 35.3 Å². The van der Waals surface area contributed by atoms with E-state index in [0.717, 1.165) is 52.6 Å². The molecule has 5 heterocycles. The number of benzene rings is 1. The number of nitrogens with zero attached hydrogens (tertiary/aromatic N) is 2. The van der Waals surface area contributed by atoms with E-state index in [2.05, 4.69) is 4.90 Å². The number of piperidine rings is 3. The van der Waals surface area contributed by atoms with E-state index < -0.39 is 0 Å². The van der Waals surface area contributed by atoms with Crippen molar-refractivity contribution in [3.8, 4) is 0 Å². The molecule has 0 N–H and O–H groups in total. The van der Waals surface area contributed by atoms with Crippen LogP contribution in [0.3, 0.4) is 0 Å². The normalized spacial score (nSPS) is 31.5. The summed E-state index contributed by atoms with van der Waals surface area (Å²) < 4.78 is 7.85. The van der Waals surface area contributed by atoms with Crippen LogP contribution in [0.15, 0.2) is 24.3 Å². The Hall–Kier alpha value is -1.01. The van der Waals surface area contributed by atoms with Gasteiger partial charge < -0.3 is 4.74 Å². The summed E-state index contributed by atoms with van der Waals surface area (Å²) in [4.78, 5) is 16.8. The van der Waals surface area contributed by atoms with Crippen molar-refractivity contribution in [3.05, 3.63) is 28.6 Å². The third-order valence-electron chi connectivity index (χ3n) is 5.54. The average Bonchev–Trinajstić information content (AvgIpc) is 3.07. The highest BCUT2D eigenvalue weighted by Crippen LogP contribution is 2.43. The Morgan fingerprint density at radius 3 is 2.71 bits per heavy atom. The molecular weight excluding hydrogens is 367 g/mol. The van der Waals surface area contributed by atoms with Crippen molar-refractivity contribution in [3.63, 3.8) is 0 Å². The Balaban J connectivity index is 0.00000146. The second kappa shape index (κ2) is 5.77. The zero-order chi connectivity index (χ0) is 15.6. The Morgan fingerprint density at radius 2 is 2.00 bits per heavy atom. The number of rotatable bonds is 1. The Labute approximate surface area is 155 Å². The van der Waals surface area contributed by atoms with Crippen LogP contribution in [-0.4, -0.2) is 42.8 Å². The molecule has 4 aliphatic heterocycles. The van der Waals surface area contributed by atoms with E-state index in [0.29, 0.717) is 12.5 Å². The molecule has 4 aliphatic rings. The standard InChI is InChI=1S/C17H17ClN2O2S.ClH/c18-15-8-11-7-13(1-2-14(11)23-15)20-10-17(22-16(20)21)9-19-5-3-12(17)4-6-19;/h1-2,7-8,12H,3-6,9-10H2;1H/t17-;/m1./s1. The highest BCUT2D eigenvalue weighted by molar-refractivity contribution is 7.22. The molecule has 0 unspecified atom stereocenters. The molecule has 1 atom stereocenters. The number of halogens is 2. The van der Waals surface area contributed by atoms with Crippen LogP contribution in [0.1, 0.15) is 12.8 Å². The first-order valence-corrected chi connectivity index (χ1v) is 9.24. The summed E-state index contributed by atoms with van der Waals surface area (Å²) in [6, 6.07) is 8.03. The molecule has 2 bridgehead atoms. The lowest BCUT2D eigenvalue weighted by atomic mass is 9.75. The van der Waals surface area contributed by atoms with Crippen molar-refractivity contribution >= 4 is 57.2 Å². The van der Waals surface area contributed by atoms with Gasteiger partial charge in [-0.05, 0) is 55.6 Å². The Kier molecular flexibility index (Phi) is 3.95. The molecule has 2 aromatic rings. The summed E-state index contributed by atoms with van der Waals surface area (Å²) in [5.41, 5.74) is 0.597. The minimum absolute atomic E-state index is 0. The van der Waals surface area contributed by atoms with Crippen molar-refractivity contribution in [2.75, 3.05) is 31.1 Å². The van der Waals surface area contributed by atoms with Gasteiger partial charge in [0.25, 0.3) is 0 Å². The second-order valence-corrected chi connectivity index (χ2v) is 8.56. The van der Waals surface area contributed by atoms with Gasteiger partial charge in [0.05, 0.1) is 10.9 Å². The van der Waals surface area contributed by atoms with Crippen molar-refractivity contribution in [1.29, 1.82) is 0 Å². The number of carbonyl (C=O) groups excluding carboxylic acids is 1. The number of hydrogen-bond donors (Lipinski definition) is 0. The SMILES string of the molecule is Cl.O=C1O[C@]2(CN3CCC2CC3)CN1c1ccc2sc(Cl)cc2c1. The topological polar surface area (TPSA) is 32.8 Å². The van der Waals surface area contributed by atoms with Crippen molar-refractivity contribution < 1.29 is 9.53 Å². The fourth-order valence-corrected chi connectivity index (χ4v) is 5.51. The van der Waals surface area contributed by atoms with Crippen LogP contribution < -0.4 is 4.90 Å². The van der Waals surface area contributed by atoms with E-state index in [-0.39, 0.29) is 24.1 Å². The predicted molar refractivity (Wildman–Crippen MR) is 99.8 cm³/mol. The molecule has 1 spiro atoms. The maximum Gasteiger partial charge on any atom is 0.415 e. The van der Waals surface area contributed by atoms with E-state index in [1.807, 2.05) is 24.3 Å². The van der Waals surface area contributed by atoms with Gasteiger partial charge in [0.2, 0.25) is 0 Å².